The number of hydrogen-bond acceptors (Lipinski definition) is 9. The number of methoxy groups -OCH3 is 2. The Balaban J connectivity index is 1.58. The van der Waals surface area contributed by atoms with E-state index in [9.17, 15) is 13.5 Å². The fourth-order valence-corrected chi connectivity index (χ4v) is 5.05. The van der Waals surface area contributed by atoms with Crippen molar-refractivity contribution in [1.29, 1.82) is 0 Å². The van der Waals surface area contributed by atoms with Crippen LogP contribution in [0.5, 0.6) is 11.5 Å². The largest absolute Gasteiger partial charge is 0.494 e. The number of nitrogens with one attached hydrogen (secondary N) is 1. The normalized spacial score (nSPS) is 13.3. The number of aliphatic hydroxyl groups is 1. The van der Waals surface area contributed by atoms with Gasteiger partial charge in [0.25, 0.3) is 0 Å². The lowest BCUT2D eigenvalue weighted by molar-refractivity contribution is 0.172. The second-order valence-electron chi connectivity index (χ2n) is 8.34. The Labute approximate surface area is 218 Å². The highest BCUT2D eigenvalue weighted by Gasteiger charge is 2.33. The molecule has 2 N–H and O–H groups in total. The minimum Gasteiger partial charge on any atom is -0.494 e. The number of pyridine rings is 2. The number of ether oxygens (including phenoxy) is 2. The minimum absolute atomic E-state index is 0.137. The third kappa shape index (κ3) is 4.53. The molecule has 0 saturated heterocycles. The van der Waals surface area contributed by atoms with E-state index in [0.29, 0.717) is 28.5 Å². The Morgan fingerprint density at radius 2 is 1.71 bits per heavy atom. The number of aliphatic hydroxyl groups excluding tert-OH is 1. The summed E-state index contributed by atoms with van der Waals surface area (Å²) in [5, 5.41) is 18.0. The maximum Gasteiger partial charge on any atom is 0.243 e. The van der Waals surface area contributed by atoms with Gasteiger partial charge in [-0.1, -0.05) is 18.2 Å². The molecule has 4 aromatic heterocycles. The van der Waals surface area contributed by atoms with Crippen molar-refractivity contribution in [3.63, 3.8) is 0 Å². The average molecular weight is 536 g/mol. The zero-order chi connectivity index (χ0) is 26.9. The summed E-state index contributed by atoms with van der Waals surface area (Å²) >= 11 is 0. The van der Waals surface area contributed by atoms with Crippen LogP contribution in [0.25, 0.3) is 22.9 Å². The molecule has 0 saturated carbocycles. The zero-order valence-electron chi connectivity index (χ0n) is 20.8. The van der Waals surface area contributed by atoms with Crippen molar-refractivity contribution in [2.75, 3.05) is 18.9 Å². The van der Waals surface area contributed by atoms with Gasteiger partial charge in [-0.3, -0.25) is 14.3 Å². The molecular formula is C25H25N7O5S. The highest BCUT2D eigenvalue weighted by molar-refractivity contribution is 7.93. The Bertz CT molecular complexity index is 1630. The van der Waals surface area contributed by atoms with Gasteiger partial charge < -0.3 is 19.0 Å². The molecule has 0 fully saturated rings. The lowest BCUT2D eigenvalue weighted by Gasteiger charge is -2.20. The number of anilines is 1. The highest BCUT2D eigenvalue weighted by Crippen LogP contribution is 2.37. The van der Waals surface area contributed by atoms with E-state index < -0.39 is 21.4 Å². The minimum atomic E-state index is -4.21. The first kappa shape index (κ1) is 25.2. The molecule has 5 aromatic rings. The Morgan fingerprint density at radius 1 is 0.974 bits per heavy atom. The molecule has 12 nitrogen and oxygen atoms in total. The summed E-state index contributed by atoms with van der Waals surface area (Å²) in [4.78, 5) is 8.70. The Kier molecular flexibility index (Phi) is 6.70. The molecule has 0 aliphatic rings. The Hall–Kier alpha value is -4.49. The summed E-state index contributed by atoms with van der Waals surface area (Å²) in [6.07, 6.45) is 3.52. The van der Waals surface area contributed by atoms with Gasteiger partial charge in [0.1, 0.15) is 39.9 Å². The second-order valence-corrected chi connectivity index (χ2v) is 10.4. The molecule has 0 radical (unpaired) electrons. The molecule has 2 atom stereocenters. The highest BCUT2D eigenvalue weighted by atomic mass is 32.2. The van der Waals surface area contributed by atoms with Gasteiger partial charge in [-0.2, -0.15) is 0 Å². The lowest BCUT2D eigenvalue weighted by atomic mass is 10.2. The Morgan fingerprint density at radius 3 is 2.37 bits per heavy atom. The van der Waals surface area contributed by atoms with Crippen LogP contribution < -0.4 is 14.2 Å². The number of hydrogen-bond donors (Lipinski definition) is 2. The van der Waals surface area contributed by atoms with E-state index in [0.717, 1.165) is 0 Å². The number of fused-ring (bicyclic) bond motifs is 1. The molecule has 0 unspecified atom stereocenters. The van der Waals surface area contributed by atoms with Gasteiger partial charge in [0.05, 0.1) is 19.9 Å². The first-order valence-electron chi connectivity index (χ1n) is 11.6. The number of para-hydroxylation sites is 1. The van der Waals surface area contributed by atoms with Gasteiger partial charge in [-0.25, -0.2) is 13.4 Å². The number of benzene rings is 1. The smallest absolute Gasteiger partial charge is 0.243 e. The lowest BCUT2D eigenvalue weighted by Crippen LogP contribution is -2.32. The predicted octanol–water partition coefficient (Wildman–Crippen LogP) is 2.86. The third-order valence-corrected chi connectivity index (χ3v) is 7.74. The standard InChI is InChI=1S/C25H25N7O5S/c1-16(23(33)18-15-31-14-7-5-12-21(31)27-18)38(34,35)30-25-29-28-24(17-9-4-6-13-26-17)32(25)22-19(36-2)10-8-11-20(22)37-3/h4-16,23,33H,1-3H3,(H,29,30)/t16-,23-/m1/s1. The summed E-state index contributed by atoms with van der Waals surface area (Å²) in [6, 6.07) is 15.8. The molecule has 13 heteroatoms. The molecule has 196 valence electrons. The van der Waals surface area contributed by atoms with Crippen molar-refractivity contribution in [3.05, 3.63) is 78.9 Å². The van der Waals surface area contributed by atoms with E-state index in [-0.39, 0.29) is 17.5 Å². The van der Waals surface area contributed by atoms with Crippen LogP contribution in [0.1, 0.15) is 18.7 Å². The van der Waals surface area contributed by atoms with E-state index in [4.69, 9.17) is 9.47 Å². The summed E-state index contributed by atoms with van der Waals surface area (Å²) in [5.74, 6) is 0.890. The molecule has 0 spiro atoms. The maximum absolute atomic E-state index is 13.5. The second kappa shape index (κ2) is 10.1. The van der Waals surface area contributed by atoms with Gasteiger partial charge in [0, 0.05) is 18.6 Å². The van der Waals surface area contributed by atoms with E-state index in [2.05, 4.69) is 24.9 Å². The molecule has 5 rings (SSSR count). The maximum atomic E-state index is 13.5. The molecule has 0 aliphatic carbocycles. The van der Waals surface area contributed by atoms with Crippen LogP contribution in [0, 0.1) is 0 Å². The van der Waals surface area contributed by atoms with Crippen molar-refractivity contribution in [2.24, 2.45) is 0 Å². The fourth-order valence-electron chi connectivity index (χ4n) is 4.00. The number of sulfonamides is 1. The van der Waals surface area contributed by atoms with Gasteiger partial charge in [-0.15, -0.1) is 10.2 Å². The van der Waals surface area contributed by atoms with Gasteiger partial charge in [0.2, 0.25) is 16.0 Å². The monoisotopic (exact) mass is 535 g/mol. The quantitative estimate of drug-likeness (QED) is 0.291. The zero-order valence-corrected chi connectivity index (χ0v) is 21.6. The summed E-state index contributed by atoms with van der Waals surface area (Å²) in [5.41, 5.74) is 1.61. The molecule has 0 aliphatic heterocycles. The van der Waals surface area contributed by atoms with Crippen LogP contribution in [0.15, 0.2) is 73.2 Å². The topological polar surface area (TPSA) is 146 Å². The SMILES string of the molecule is COc1cccc(OC)c1-n1c(NS(=O)(=O)[C@H](C)[C@@H](O)c2cn3ccccc3n2)nnc1-c1ccccn1. The first-order valence-corrected chi connectivity index (χ1v) is 13.1. The van der Waals surface area contributed by atoms with Crippen molar-refractivity contribution in [2.45, 2.75) is 18.3 Å². The van der Waals surface area contributed by atoms with Crippen LogP contribution in [-0.4, -0.2) is 62.1 Å². The number of rotatable bonds is 9. The molecule has 0 bridgehead atoms. The molecule has 0 amide bonds. The van der Waals surface area contributed by atoms with Crippen molar-refractivity contribution in [3.8, 4) is 28.7 Å². The molecule has 38 heavy (non-hydrogen) atoms. The number of aromatic nitrogens is 6. The van der Waals surface area contributed by atoms with E-state index >= 15 is 0 Å². The summed E-state index contributed by atoms with van der Waals surface area (Å²) < 4.78 is 43.8. The third-order valence-electron chi connectivity index (χ3n) is 6.04. The molecular weight excluding hydrogens is 510 g/mol. The predicted molar refractivity (Wildman–Crippen MR) is 140 cm³/mol. The molecule has 4 heterocycles. The fraction of sp³-hybridized carbons (Fsp3) is 0.200. The van der Waals surface area contributed by atoms with E-state index in [1.54, 1.807) is 71.5 Å². The van der Waals surface area contributed by atoms with Crippen molar-refractivity contribution < 1.29 is 23.0 Å². The number of nitrogens with zero attached hydrogens (tertiary/aromatic N) is 6. The van der Waals surface area contributed by atoms with Gasteiger partial charge >= 0.3 is 0 Å². The average Bonchev–Trinajstić information content (AvgIpc) is 3.56. The van der Waals surface area contributed by atoms with E-state index in [1.165, 1.54) is 25.7 Å². The van der Waals surface area contributed by atoms with Crippen LogP contribution >= 0.6 is 0 Å². The molecule has 1 aromatic carbocycles. The van der Waals surface area contributed by atoms with Crippen LogP contribution in [0.3, 0.4) is 0 Å². The van der Waals surface area contributed by atoms with Crippen LogP contribution in [0.4, 0.5) is 5.95 Å². The van der Waals surface area contributed by atoms with Crippen LogP contribution in [-0.2, 0) is 10.0 Å². The van der Waals surface area contributed by atoms with Crippen LogP contribution in [0.2, 0.25) is 0 Å². The number of imidazole rings is 1. The van der Waals surface area contributed by atoms with Crippen molar-refractivity contribution >= 4 is 21.6 Å². The van der Waals surface area contributed by atoms with Gasteiger partial charge in [0.15, 0.2) is 5.82 Å². The van der Waals surface area contributed by atoms with Gasteiger partial charge in [-0.05, 0) is 43.3 Å². The van der Waals surface area contributed by atoms with E-state index in [1.807, 2.05) is 6.07 Å². The summed E-state index contributed by atoms with van der Waals surface area (Å²) in [6.45, 7) is 1.39. The summed E-state index contributed by atoms with van der Waals surface area (Å²) in [7, 11) is -1.24. The van der Waals surface area contributed by atoms with Crippen molar-refractivity contribution in [1.82, 2.24) is 29.1 Å². The first-order chi connectivity index (χ1) is 18.3.